The summed E-state index contributed by atoms with van der Waals surface area (Å²) in [5.41, 5.74) is 21.0. The number of rotatable bonds is 6. The molecular formula is C55H40N2. The van der Waals surface area contributed by atoms with Crippen LogP contribution in [0.1, 0.15) is 44.6 Å². The molecule has 0 radical (unpaired) electrons. The maximum absolute atomic E-state index is 2.46. The van der Waals surface area contributed by atoms with Crippen LogP contribution in [0.4, 0.5) is 17.1 Å². The van der Waals surface area contributed by atoms with Crippen LogP contribution in [0.5, 0.6) is 0 Å². The third kappa shape index (κ3) is 4.97. The fourth-order valence-corrected chi connectivity index (χ4v) is 9.78. The highest BCUT2D eigenvalue weighted by Crippen LogP contribution is 2.63. The summed E-state index contributed by atoms with van der Waals surface area (Å²) >= 11 is 0. The fourth-order valence-electron chi connectivity index (χ4n) is 9.78. The van der Waals surface area contributed by atoms with Crippen LogP contribution in [-0.2, 0) is 5.41 Å². The Labute approximate surface area is 334 Å². The van der Waals surface area contributed by atoms with Crippen molar-refractivity contribution in [1.82, 2.24) is 4.57 Å². The molecule has 1 spiro atoms. The topological polar surface area (TPSA) is 8.17 Å². The van der Waals surface area contributed by atoms with Gasteiger partial charge in [0, 0.05) is 33.8 Å². The second kappa shape index (κ2) is 13.0. The van der Waals surface area contributed by atoms with E-state index in [-0.39, 0.29) is 0 Å². The molecule has 0 N–H and O–H groups in total. The lowest BCUT2D eigenvalue weighted by molar-refractivity contribution is 0.793. The van der Waals surface area contributed by atoms with E-state index in [9.17, 15) is 0 Å². The first kappa shape index (κ1) is 33.2. The normalized spacial score (nSPS) is 13.2. The molecule has 8 aromatic carbocycles. The summed E-state index contributed by atoms with van der Waals surface area (Å²) in [4.78, 5) is 2.40. The molecule has 9 aromatic rings. The smallest absolute Gasteiger partial charge is 0.0726 e. The number of fused-ring (bicyclic) bond motifs is 11. The van der Waals surface area contributed by atoms with Crippen LogP contribution >= 0.6 is 0 Å². The van der Waals surface area contributed by atoms with Gasteiger partial charge in [-0.25, -0.2) is 0 Å². The SMILES string of the molecule is Cc1c(C)n(-c2ccccc2)c2ccc(/C=C/c3ccc(N(c4ccccc4)c4ccc5c(c4)C4(c6ccccc6-c6ccccc64)c4ccccc4-5)cc3)cc12. The summed E-state index contributed by atoms with van der Waals surface area (Å²) in [6.45, 7) is 4.44. The maximum Gasteiger partial charge on any atom is 0.0726 e. The van der Waals surface area contributed by atoms with Crippen LogP contribution in [0.2, 0.25) is 0 Å². The van der Waals surface area contributed by atoms with E-state index in [0.29, 0.717) is 0 Å². The van der Waals surface area contributed by atoms with Crippen molar-refractivity contribution < 1.29 is 0 Å². The van der Waals surface area contributed by atoms with Gasteiger partial charge in [0.25, 0.3) is 0 Å². The van der Waals surface area contributed by atoms with Gasteiger partial charge in [-0.2, -0.15) is 0 Å². The average molecular weight is 729 g/mol. The van der Waals surface area contributed by atoms with E-state index in [1.807, 2.05) is 0 Å². The summed E-state index contributed by atoms with van der Waals surface area (Å²) in [5.74, 6) is 0. The van der Waals surface area contributed by atoms with E-state index >= 15 is 0 Å². The summed E-state index contributed by atoms with van der Waals surface area (Å²) in [5, 5.41) is 1.29. The standard InChI is InChI=1S/C55H40N2/c1-37-38(2)56(41-15-5-3-6-16-41)54-34-29-40(35-49(37)54)26-25-39-27-30-43(31-28-39)57(42-17-7-4-8-18-42)44-32-33-48-47-21-11-14-24-52(47)55(53(48)36-44)50-22-12-9-19-45(50)46-20-10-13-23-51(46)55/h3-36H,1-2H3/b26-25+. The van der Waals surface area contributed by atoms with Crippen molar-refractivity contribution in [2.75, 3.05) is 4.90 Å². The molecule has 0 atom stereocenters. The molecule has 0 aliphatic heterocycles. The van der Waals surface area contributed by atoms with Crippen LogP contribution in [-0.4, -0.2) is 4.57 Å². The van der Waals surface area contributed by atoms with E-state index in [0.717, 1.165) is 22.6 Å². The minimum absolute atomic E-state index is 0.392. The predicted octanol–water partition coefficient (Wildman–Crippen LogP) is 14.2. The Morgan fingerprint density at radius 1 is 0.421 bits per heavy atom. The van der Waals surface area contributed by atoms with Crippen molar-refractivity contribution in [3.05, 3.63) is 239 Å². The number of nitrogens with zero attached hydrogens (tertiary/aromatic N) is 2. The molecule has 2 aliphatic carbocycles. The van der Waals surface area contributed by atoms with Crippen LogP contribution in [0.25, 0.3) is 51.0 Å². The van der Waals surface area contributed by atoms with E-state index in [1.54, 1.807) is 0 Å². The van der Waals surface area contributed by atoms with Gasteiger partial charge >= 0.3 is 0 Å². The molecule has 0 fully saturated rings. The van der Waals surface area contributed by atoms with Gasteiger partial charge in [0.15, 0.2) is 0 Å². The summed E-state index contributed by atoms with van der Waals surface area (Å²) in [7, 11) is 0. The Morgan fingerprint density at radius 3 is 1.54 bits per heavy atom. The number of anilines is 3. The lowest BCUT2D eigenvalue weighted by atomic mass is 9.70. The van der Waals surface area contributed by atoms with Gasteiger partial charge < -0.3 is 9.47 Å². The van der Waals surface area contributed by atoms with Gasteiger partial charge in [-0.1, -0.05) is 146 Å². The lowest BCUT2D eigenvalue weighted by Gasteiger charge is -2.32. The highest BCUT2D eigenvalue weighted by Gasteiger charge is 2.51. The molecule has 270 valence electrons. The molecule has 1 heterocycles. The van der Waals surface area contributed by atoms with Gasteiger partial charge in [0.05, 0.1) is 10.9 Å². The van der Waals surface area contributed by atoms with Crippen molar-refractivity contribution in [2.45, 2.75) is 19.3 Å². The number of aryl methyl sites for hydroxylation is 1. The minimum atomic E-state index is -0.392. The largest absolute Gasteiger partial charge is 0.314 e. The first-order chi connectivity index (χ1) is 28.1. The summed E-state index contributed by atoms with van der Waals surface area (Å²) < 4.78 is 2.36. The molecule has 11 rings (SSSR count). The van der Waals surface area contributed by atoms with E-state index in [4.69, 9.17) is 0 Å². The average Bonchev–Trinajstić information content (AvgIpc) is 3.84. The Kier molecular flexibility index (Phi) is 7.55. The van der Waals surface area contributed by atoms with Gasteiger partial charge in [-0.3, -0.25) is 0 Å². The highest BCUT2D eigenvalue weighted by molar-refractivity contribution is 5.96. The number of aromatic nitrogens is 1. The first-order valence-corrected chi connectivity index (χ1v) is 19.9. The zero-order chi connectivity index (χ0) is 38.1. The number of para-hydroxylation sites is 2. The van der Waals surface area contributed by atoms with Crippen molar-refractivity contribution in [3.8, 4) is 27.9 Å². The van der Waals surface area contributed by atoms with Gasteiger partial charge in [-0.15, -0.1) is 0 Å². The molecule has 0 saturated heterocycles. The molecule has 0 unspecified atom stereocenters. The van der Waals surface area contributed by atoms with E-state index in [2.05, 4.69) is 230 Å². The molecule has 2 heteroatoms. The summed E-state index contributed by atoms with van der Waals surface area (Å²) in [6, 6.07) is 71.3. The third-order valence-electron chi connectivity index (χ3n) is 12.4. The molecular weight excluding hydrogens is 689 g/mol. The second-order valence-electron chi connectivity index (χ2n) is 15.4. The molecule has 2 aliphatic rings. The zero-order valence-corrected chi connectivity index (χ0v) is 32.0. The Hall–Kier alpha value is -7.16. The van der Waals surface area contributed by atoms with Gasteiger partial charge in [-0.05, 0) is 136 Å². The minimum Gasteiger partial charge on any atom is -0.314 e. The molecule has 0 saturated carbocycles. The monoisotopic (exact) mass is 728 g/mol. The van der Waals surface area contributed by atoms with Crippen LogP contribution in [0, 0.1) is 13.8 Å². The Morgan fingerprint density at radius 2 is 0.912 bits per heavy atom. The fraction of sp³-hybridized carbons (Fsp3) is 0.0545. The Bertz CT molecular complexity index is 2960. The molecule has 2 nitrogen and oxygen atoms in total. The second-order valence-corrected chi connectivity index (χ2v) is 15.4. The van der Waals surface area contributed by atoms with Crippen molar-refractivity contribution in [1.29, 1.82) is 0 Å². The van der Waals surface area contributed by atoms with Crippen molar-refractivity contribution in [3.63, 3.8) is 0 Å². The molecule has 0 bridgehead atoms. The van der Waals surface area contributed by atoms with Crippen LogP contribution in [0.15, 0.2) is 194 Å². The van der Waals surface area contributed by atoms with Crippen molar-refractivity contribution in [2.24, 2.45) is 0 Å². The van der Waals surface area contributed by atoms with E-state index < -0.39 is 5.41 Å². The molecule has 1 aromatic heterocycles. The highest BCUT2D eigenvalue weighted by atomic mass is 15.1. The maximum atomic E-state index is 2.46. The zero-order valence-electron chi connectivity index (χ0n) is 32.0. The van der Waals surface area contributed by atoms with Crippen LogP contribution < -0.4 is 4.90 Å². The third-order valence-corrected chi connectivity index (χ3v) is 12.4. The van der Waals surface area contributed by atoms with Gasteiger partial charge in [0.1, 0.15) is 0 Å². The predicted molar refractivity (Wildman–Crippen MR) is 239 cm³/mol. The lowest BCUT2D eigenvalue weighted by Crippen LogP contribution is -2.26. The quantitative estimate of drug-likeness (QED) is 0.155. The van der Waals surface area contributed by atoms with Gasteiger partial charge in [0.2, 0.25) is 0 Å². The van der Waals surface area contributed by atoms with E-state index in [1.165, 1.54) is 77.9 Å². The number of hydrogen-bond donors (Lipinski definition) is 0. The number of hydrogen-bond acceptors (Lipinski definition) is 1. The first-order valence-electron chi connectivity index (χ1n) is 19.9. The number of benzene rings is 8. The molecule has 0 amide bonds. The van der Waals surface area contributed by atoms with Crippen molar-refractivity contribution >= 4 is 40.1 Å². The van der Waals surface area contributed by atoms with Crippen LogP contribution in [0.3, 0.4) is 0 Å². The Balaban J connectivity index is 0.986. The molecule has 57 heavy (non-hydrogen) atoms. The summed E-state index contributed by atoms with van der Waals surface area (Å²) in [6.07, 6.45) is 4.45.